The Bertz CT molecular complexity index is 595. The molecule has 0 aliphatic heterocycles. The van der Waals surface area contributed by atoms with Crippen molar-refractivity contribution in [3.8, 4) is 0 Å². The first-order valence-corrected chi connectivity index (χ1v) is 5.97. The summed E-state index contributed by atoms with van der Waals surface area (Å²) in [7, 11) is 0. The van der Waals surface area contributed by atoms with Gasteiger partial charge in [-0.3, -0.25) is 0 Å². The summed E-state index contributed by atoms with van der Waals surface area (Å²) in [6.45, 7) is 4.34. The number of hydrogen-bond acceptors (Lipinski definition) is 0. The number of benzene rings is 2. The molecular weight excluding hydrogens is 295 g/mol. The first kappa shape index (κ1) is 13.5. The maximum Gasteiger partial charge on any atom is 0.0211 e. The maximum absolute atomic E-state index is 2.29. The summed E-state index contributed by atoms with van der Waals surface area (Å²) in [6.07, 6.45) is 4.57. The van der Waals surface area contributed by atoms with Crippen molar-refractivity contribution in [2.24, 2.45) is 0 Å². The molecule has 2 aromatic rings. The van der Waals surface area contributed by atoms with Gasteiger partial charge >= 0.3 is 0 Å². The summed E-state index contributed by atoms with van der Waals surface area (Å²) >= 11 is 0. The van der Waals surface area contributed by atoms with Crippen LogP contribution in [0.25, 0.3) is 11.6 Å². The van der Waals surface area contributed by atoms with Gasteiger partial charge in [0.2, 0.25) is 0 Å². The topological polar surface area (TPSA) is 0 Å². The van der Waals surface area contributed by atoms with Crippen LogP contribution in [-0.4, -0.2) is 0 Å². The van der Waals surface area contributed by atoms with Gasteiger partial charge in [-0.1, -0.05) is 48.0 Å². The molecule has 0 aromatic heterocycles. The minimum absolute atomic E-state index is 0. The van der Waals surface area contributed by atoms with Gasteiger partial charge in [-0.05, 0) is 47.8 Å². The number of allylic oxidation sites excluding steroid dienone is 1. The predicted octanol–water partition coefficient (Wildman–Crippen LogP) is 4.41. The molecule has 2 aromatic carbocycles. The van der Waals surface area contributed by atoms with Crippen molar-refractivity contribution in [3.05, 3.63) is 76.7 Å². The van der Waals surface area contributed by atoms with Crippen molar-refractivity contribution in [3.63, 3.8) is 0 Å². The Labute approximate surface area is 128 Å². The normalized spacial score (nSPS) is 12.7. The van der Waals surface area contributed by atoms with Gasteiger partial charge in [-0.15, -0.1) is 0 Å². The van der Waals surface area contributed by atoms with Crippen molar-refractivity contribution in [1.82, 2.24) is 0 Å². The quantitative estimate of drug-likeness (QED) is 0.732. The number of fused-ring (bicyclic) bond motifs is 1. The predicted molar refractivity (Wildman–Crippen MR) is 73.6 cm³/mol. The minimum Gasteiger partial charge on any atom is -0.0622 e. The van der Waals surface area contributed by atoms with Crippen LogP contribution >= 0.6 is 0 Å². The summed E-state index contributed by atoms with van der Waals surface area (Å²) in [4.78, 5) is 0. The van der Waals surface area contributed by atoms with Crippen LogP contribution in [0.4, 0.5) is 0 Å². The molecule has 1 heteroatoms. The fraction of sp³-hybridized carbons (Fsp3) is 0.118. The molecule has 87 valence electrons. The van der Waals surface area contributed by atoms with Gasteiger partial charge in [0.1, 0.15) is 0 Å². The van der Waals surface area contributed by atoms with Gasteiger partial charge in [0, 0.05) is 32.6 Å². The molecule has 0 unspecified atom stereocenters. The van der Waals surface area contributed by atoms with Crippen LogP contribution in [-0.2, 0) is 26.2 Å². The average Bonchev–Trinajstić information content (AvgIpc) is 2.74. The summed E-state index contributed by atoms with van der Waals surface area (Å²) < 4.78 is 0. The van der Waals surface area contributed by atoms with E-state index in [1.165, 1.54) is 33.4 Å². The Kier molecular flexibility index (Phi) is 4.02. The van der Waals surface area contributed by atoms with Crippen molar-refractivity contribution < 1.29 is 26.2 Å². The van der Waals surface area contributed by atoms with Crippen LogP contribution in [0.5, 0.6) is 0 Å². The smallest absolute Gasteiger partial charge is 0.0211 e. The van der Waals surface area contributed by atoms with Crippen molar-refractivity contribution in [2.75, 3.05) is 0 Å². The van der Waals surface area contributed by atoms with Crippen LogP contribution < -0.4 is 0 Å². The second-order valence-electron chi connectivity index (χ2n) is 4.69. The average molecular weight is 311 g/mol. The molecule has 0 bridgehead atoms. The van der Waals surface area contributed by atoms with E-state index >= 15 is 0 Å². The van der Waals surface area contributed by atoms with Gasteiger partial charge in [0.15, 0.2) is 0 Å². The summed E-state index contributed by atoms with van der Waals surface area (Å²) in [5, 5.41) is 0. The second kappa shape index (κ2) is 5.37. The minimum atomic E-state index is 0. The van der Waals surface area contributed by atoms with Gasteiger partial charge < -0.3 is 0 Å². The van der Waals surface area contributed by atoms with Crippen molar-refractivity contribution in [2.45, 2.75) is 13.8 Å². The van der Waals surface area contributed by atoms with E-state index < -0.39 is 0 Å². The molecule has 0 atom stereocenters. The first-order valence-electron chi connectivity index (χ1n) is 5.97. The van der Waals surface area contributed by atoms with E-state index in [-0.39, 0.29) is 26.2 Å². The summed E-state index contributed by atoms with van der Waals surface area (Å²) in [5.74, 6) is 0. The van der Waals surface area contributed by atoms with Gasteiger partial charge in [0.25, 0.3) is 0 Å². The third-order valence-corrected chi connectivity index (χ3v) is 3.28. The fourth-order valence-electron chi connectivity index (χ4n) is 2.49. The Morgan fingerprint density at radius 1 is 0.889 bits per heavy atom. The third kappa shape index (κ3) is 2.42. The van der Waals surface area contributed by atoms with E-state index in [2.05, 4.69) is 68.8 Å². The standard InChI is InChI=1S/C17H15.Zr/c1-12-8-13(2)17-11-15(10-16(17)9-12)14-6-4-3-5-7-14;/h3-11H,1-2H3;. The van der Waals surface area contributed by atoms with Gasteiger partial charge in [-0.25, -0.2) is 0 Å². The van der Waals surface area contributed by atoms with Crippen LogP contribution in [0.3, 0.4) is 0 Å². The van der Waals surface area contributed by atoms with E-state index in [0.717, 1.165) is 0 Å². The van der Waals surface area contributed by atoms with E-state index in [1.54, 1.807) is 0 Å². The Balaban J connectivity index is 0.00000120. The molecule has 0 heterocycles. The molecule has 0 fully saturated rings. The van der Waals surface area contributed by atoms with Gasteiger partial charge in [0.05, 0.1) is 0 Å². The van der Waals surface area contributed by atoms with Crippen LogP contribution in [0.2, 0.25) is 0 Å². The molecule has 1 aliphatic carbocycles. The van der Waals surface area contributed by atoms with Crippen molar-refractivity contribution in [1.29, 1.82) is 0 Å². The van der Waals surface area contributed by atoms with Crippen molar-refractivity contribution >= 4 is 11.6 Å². The van der Waals surface area contributed by atoms with Crippen LogP contribution in [0.1, 0.15) is 27.8 Å². The zero-order valence-corrected chi connectivity index (χ0v) is 13.2. The van der Waals surface area contributed by atoms with E-state index in [4.69, 9.17) is 0 Å². The van der Waals surface area contributed by atoms with E-state index in [0.29, 0.717) is 0 Å². The number of hydrogen-bond donors (Lipinski definition) is 0. The van der Waals surface area contributed by atoms with E-state index in [1.807, 2.05) is 0 Å². The molecule has 0 N–H and O–H groups in total. The molecular formula is C17H15Zr. The Morgan fingerprint density at radius 2 is 1.61 bits per heavy atom. The molecule has 0 saturated carbocycles. The zero-order valence-electron chi connectivity index (χ0n) is 10.7. The molecule has 0 nitrogen and oxygen atoms in total. The monoisotopic (exact) mass is 309 g/mol. The van der Waals surface area contributed by atoms with Crippen LogP contribution in [0, 0.1) is 20.3 Å². The molecule has 3 rings (SSSR count). The molecule has 1 radical (unpaired) electrons. The summed E-state index contributed by atoms with van der Waals surface area (Å²) in [6, 6.07) is 15.1. The molecule has 18 heavy (non-hydrogen) atoms. The molecule has 0 saturated heterocycles. The SMILES string of the molecule is Cc1cc(C)c2c(c1)[CH]C(c1ccccc1)=C2.[Zr]. The molecule has 1 aliphatic rings. The van der Waals surface area contributed by atoms with Crippen LogP contribution in [0.15, 0.2) is 42.5 Å². The van der Waals surface area contributed by atoms with Gasteiger partial charge in [-0.2, -0.15) is 0 Å². The number of rotatable bonds is 1. The zero-order chi connectivity index (χ0) is 11.8. The first-order chi connectivity index (χ1) is 8.24. The molecule has 0 spiro atoms. The second-order valence-corrected chi connectivity index (χ2v) is 4.69. The molecule has 0 amide bonds. The fourth-order valence-corrected chi connectivity index (χ4v) is 2.49. The number of aryl methyl sites for hydroxylation is 2. The third-order valence-electron chi connectivity index (χ3n) is 3.28. The van der Waals surface area contributed by atoms with E-state index in [9.17, 15) is 0 Å². The summed E-state index contributed by atoms with van der Waals surface area (Å²) in [5.41, 5.74) is 8.02. The largest absolute Gasteiger partial charge is 0.0622 e. The Hall–Kier alpha value is -0.937. The Morgan fingerprint density at radius 3 is 2.33 bits per heavy atom. The maximum atomic E-state index is 2.29.